The number of benzene rings is 2. The summed E-state index contributed by atoms with van der Waals surface area (Å²) < 4.78 is 49.0. The molecule has 0 aliphatic heterocycles. The van der Waals surface area contributed by atoms with E-state index >= 15 is 0 Å². The topological polar surface area (TPSA) is 120 Å². The van der Waals surface area contributed by atoms with E-state index in [0.717, 1.165) is 18.4 Å². The first-order valence-electron chi connectivity index (χ1n) is 6.29. The minimum Gasteiger partial charge on any atom is -0.396 e. The highest BCUT2D eigenvalue weighted by Crippen LogP contribution is 2.16. The van der Waals surface area contributed by atoms with Gasteiger partial charge in [0.15, 0.2) is 0 Å². The lowest BCUT2D eigenvalue weighted by atomic mass is 10.2. The van der Waals surface area contributed by atoms with Crippen molar-refractivity contribution in [1.82, 2.24) is 0 Å². The van der Waals surface area contributed by atoms with Gasteiger partial charge >= 0.3 is 0 Å². The lowest BCUT2D eigenvalue weighted by molar-refractivity contribution is 0.603. The van der Waals surface area contributed by atoms with Crippen LogP contribution in [0.15, 0.2) is 36.4 Å². The van der Waals surface area contributed by atoms with Gasteiger partial charge in [-0.2, -0.15) is 10.5 Å². The van der Waals surface area contributed by atoms with Crippen molar-refractivity contribution in [2.45, 2.75) is 0 Å². The van der Waals surface area contributed by atoms with Gasteiger partial charge in [-0.3, -0.25) is 4.72 Å². The van der Waals surface area contributed by atoms with Gasteiger partial charge in [0.2, 0.25) is 10.0 Å². The Bertz CT molecular complexity index is 931. The van der Waals surface area contributed by atoms with Crippen LogP contribution in [0.5, 0.6) is 0 Å². The standard InChI is InChI=1S/C8H7FN2O2S.C7H5FN2/c1-14(12,13)11-8-4-6(5-10)2-3-7(8)9;8-6-2-1-5(4-9)3-7(6)10/h2-4,11H,1H3;1-3H,10H2. The Balaban J connectivity index is 0.000000254. The van der Waals surface area contributed by atoms with E-state index in [0.29, 0.717) is 5.56 Å². The van der Waals surface area contributed by atoms with Gasteiger partial charge < -0.3 is 5.73 Å². The first-order chi connectivity index (χ1) is 11.2. The maximum absolute atomic E-state index is 13.0. The highest BCUT2D eigenvalue weighted by molar-refractivity contribution is 7.92. The molecule has 0 saturated carbocycles. The summed E-state index contributed by atoms with van der Waals surface area (Å²) in [6.07, 6.45) is 0.908. The van der Waals surface area contributed by atoms with Crippen LogP contribution < -0.4 is 10.5 Å². The quantitative estimate of drug-likeness (QED) is 0.806. The third kappa shape index (κ3) is 5.91. The number of sulfonamides is 1. The zero-order valence-electron chi connectivity index (χ0n) is 12.4. The van der Waals surface area contributed by atoms with Crippen LogP contribution in [0.1, 0.15) is 11.1 Å². The molecule has 2 rings (SSSR count). The molecule has 3 N–H and O–H groups in total. The fraction of sp³-hybridized carbons (Fsp3) is 0.0667. The molecular weight excluding hydrogens is 338 g/mol. The molecule has 9 heteroatoms. The van der Waals surface area contributed by atoms with Crippen molar-refractivity contribution in [3.8, 4) is 12.1 Å². The largest absolute Gasteiger partial charge is 0.396 e. The Morgan fingerprint density at radius 1 is 1.00 bits per heavy atom. The highest BCUT2D eigenvalue weighted by Gasteiger charge is 2.07. The van der Waals surface area contributed by atoms with Crippen molar-refractivity contribution < 1.29 is 17.2 Å². The van der Waals surface area contributed by atoms with Crippen LogP contribution in [0.25, 0.3) is 0 Å². The molecule has 0 heterocycles. The van der Waals surface area contributed by atoms with Gasteiger partial charge in [0.25, 0.3) is 0 Å². The number of hydrogen-bond donors (Lipinski definition) is 2. The summed E-state index contributed by atoms with van der Waals surface area (Å²) in [5.74, 6) is -1.20. The number of rotatable bonds is 2. The lowest BCUT2D eigenvalue weighted by Crippen LogP contribution is -2.10. The zero-order chi connectivity index (χ0) is 18.3. The molecule has 2 aromatic rings. The number of nitrogen functional groups attached to an aromatic ring is 1. The first kappa shape index (κ1) is 18.9. The molecule has 0 radical (unpaired) electrons. The monoisotopic (exact) mass is 350 g/mol. The molecular formula is C15H12F2N4O2S. The smallest absolute Gasteiger partial charge is 0.229 e. The van der Waals surface area contributed by atoms with Crippen molar-refractivity contribution in [2.24, 2.45) is 0 Å². The molecule has 0 fully saturated rings. The molecule has 0 bridgehead atoms. The summed E-state index contributed by atoms with van der Waals surface area (Å²) >= 11 is 0. The Morgan fingerprint density at radius 2 is 1.50 bits per heavy atom. The molecule has 0 aliphatic rings. The van der Waals surface area contributed by atoms with Crippen LogP contribution in [0, 0.1) is 34.3 Å². The van der Waals surface area contributed by atoms with Crippen molar-refractivity contribution >= 4 is 21.4 Å². The van der Waals surface area contributed by atoms with Crippen molar-refractivity contribution in [2.75, 3.05) is 16.7 Å². The number of nitriles is 2. The van der Waals surface area contributed by atoms with Gasteiger partial charge in [0, 0.05) is 0 Å². The van der Waals surface area contributed by atoms with Crippen molar-refractivity contribution in [3.63, 3.8) is 0 Å². The van der Waals surface area contributed by atoms with E-state index < -0.39 is 21.7 Å². The van der Waals surface area contributed by atoms with Crippen LogP contribution in [-0.4, -0.2) is 14.7 Å². The van der Waals surface area contributed by atoms with Gasteiger partial charge in [0.05, 0.1) is 40.9 Å². The van der Waals surface area contributed by atoms with Crippen LogP contribution in [0.2, 0.25) is 0 Å². The van der Waals surface area contributed by atoms with Gasteiger partial charge in [-0.25, -0.2) is 17.2 Å². The molecule has 0 amide bonds. The Kier molecular flexibility index (Phi) is 6.22. The van der Waals surface area contributed by atoms with E-state index in [-0.39, 0.29) is 16.9 Å². The molecule has 2 aromatic carbocycles. The number of nitrogens with zero attached hydrogens (tertiary/aromatic N) is 2. The summed E-state index contributed by atoms with van der Waals surface area (Å²) in [5.41, 5.74) is 5.53. The van der Waals surface area contributed by atoms with Crippen molar-refractivity contribution in [1.29, 1.82) is 10.5 Å². The average Bonchev–Trinajstić information content (AvgIpc) is 2.51. The molecule has 6 nitrogen and oxygen atoms in total. The summed E-state index contributed by atoms with van der Waals surface area (Å²) in [7, 11) is -3.52. The molecule has 24 heavy (non-hydrogen) atoms. The maximum Gasteiger partial charge on any atom is 0.229 e. The number of nitrogens with two attached hydrogens (primary N) is 1. The number of halogens is 2. The number of hydrogen-bond acceptors (Lipinski definition) is 5. The Hall–Kier alpha value is -3.17. The summed E-state index contributed by atoms with van der Waals surface area (Å²) in [5, 5.41) is 16.8. The minimum absolute atomic E-state index is 0.0130. The Labute approximate surface area is 137 Å². The van der Waals surface area contributed by atoms with E-state index in [1.54, 1.807) is 6.07 Å². The van der Waals surface area contributed by atoms with Crippen molar-refractivity contribution in [3.05, 3.63) is 59.2 Å². The molecule has 124 valence electrons. The van der Waals surface area contributed by atoms with Crippen LogP contribution in [-0.2, 0) is 10.0 Å². The van der Waals surface area contributed by atoms with E-state index in [2.05, 4.69) is 0 Å². The summed E-state index contributed by atoms with van der Waals surface area (Å²) in [6.45, 7) is 0. The molecule has 0 atom stereocenters. The molecule has 0 saturated heterocycles. The average molecular weight is 350 g/mol. The fourth-order valence-corrected chi connectivity index (χ4v) is 2.04. The number of anilines is 2. The molecule has 0 unspecified atom stereocenters. The van der Waals surface area contributed by atoms with Crippen LogP contribution >= 0.6 is 0 Å². The van der Waals surface area contributed by atoms with Crippen LogP contribution in [0.3, 0.4) is 0 Å². The van der Waals surface area contributed by atoms with Gasteiger partial charge in [0.1, 0.15) is 11.6 Å². The zero-order valence-corrected chi connectivity index (χ0v) is 13.2. The Morgan fingerprint density at radius 3 is 1.96 bits per heavy atom. The molecule has 0 aliphatic carbocycles. The number of nitrogens with one attached hydrogen (secondary N) is 1. The second kappa shape index (κ2) is 7.90. The second-order valence-electron chi connectivity index (χ2n) is 4.53. The van der Waals surface area contributed by atoms with E-state index in [4.69, 9.17) is 16.3 Å². The predicted molar refractivity (Wildman–Crippen MR) is 85.1 cm³/mol. The first-order valence-corrected chi connectivity index (χ1v) is 8.18. The third-order valence-corrected chi connectivity index (χ3v) is 3.11. The third-order valence-electron chi connectivity index (χ3n) is 2.52. The van der Waals surface area contributed by atoms with Crippen LogP contribution in [0.4, 0.5) is 20.2 Å². The van der Waals surface area contributed by atoms with E-state index in [9.17, 15) is 17.2 Å². The van der Waals surface area contributed by atoms with Gasteiger partial charge in [-0.1, -0.05) is 0 Å². The summed E-state index contributed by atoms with van der Waals surface area (Å²) in [4.78, 5) is 0. The highest BCUT2D eigenvalue weighted by atomic mass is 32.2. The van der Waals surface area contributed by atoms with Gasteiger partial charge in [-0.05, 0) is 36.4 Å². The van der Waals surface area contributed by atoms with Gasteiger partial charge in [-0.15, -0.1) is 0 Å². The normalized spacial score (nSPS) is 9.88. The predicted octanol–water partition coefficient (Wildman–Crippen LogP) is 2.35. The fourth-order valence-electron chi connectivity index (χ4n) is 1.49. The maximum atomic E-state index is 13.0. The SMILES string of the molecule is CS(=O)(=O)Nc1cc(C#N)ccc1F.N#Cc1ccc(F)c(N)c1. The summed E-state index contributed by atoms with van der Waals surface area (Å²) in [6, 6.07) is 10.9. The lowest BCUT2D eigenvalue weighted by Gasteiger charge is -2.04. The van der Waals surface area contributed by atoms with E-state index in [1.165, 1.54) is 24.3 Å². The molecule has 0 spiro atoms. The molecule has 0 aromatic heterocycles. The minimum atomic E-state index is -3.52. The van der Waals surface area contributed by atoms with E-state index in [1.807, 2.05) is 10.8 Å². The second-order valence-corrected chi connectivity index (χ2v) is 6.28.